The van der Waals surface area contributed by atoms with E-state index < -0.39 is 0 Å². The van der Waals surface area contributed by atoms with Crippen molar-refractivity contribution in [1.29, 1.82) is 0 Å². The number of nitrogens with one attached hydrogen (secondary N) is 2. The minimum absolute atomic E-state index is 0. The molecule has 2 aromatic rings. The molecule has 1 saturated heterocycles. The van der Waals surface area contributed by atoms with Gasteiger partial charge in [0, 0.05) is 37.8 Å². The summed E-state index contributed by atoms with van der Waals surface area (Å²) >= 11 is 0. The van der Waals surface area contributed by atoms with E-state index in [1.165, 1.54) is 0 Å². The molecule has 0 aromatic carbocycles. The fourth-order valence-electron chi connectivity index (χ4n) is 3.72. The number of guanidine groups is 1. The first-order valence-corrected chi connectivity index (χ1v) is 11.4. The van der Waals surface area contributed by atoms with Gasteiger partial charge in [0.25, 0.3) is 0 Å². The van der Waals surface area contributed by atoms with Crippen LogP contribution in [0.25, 0.3) is 0 Å². The van der Waals surface area contributed by atoms with Gasteiger partial charge in [-0.05, 0) is 38.3 Å². The smallest absolute Gasteiger partial charge is 0.191 e. The molecule has 0 spiro atoms. The number of pyridine rings is 1. The van der Waals surface area contributed by atoms with E-state index in [1.54, 1.807) is 0 Å². The Morgan fingerprint density at radius 3 is 2.72 bits per heavy atom. The van der Waals surface area contributed by atoms with Gasteiger partial charge in [0.1, 0.15) is 5.82 Å². The highest BCUT2D eigenvalue weighted by Crippen LogP contribution is 2.22. The molecule has 0 bridgehead atoms. The van der Waals surface area contributed by atoms with Crippen LogP contribution in [0.1, 0.15) is 63.5 Å². The third-order valence-corrected chi connectivity index (χ3v) is 5.55. The lowest BCUT2D eigenvalue weighted by Gasteiger charge is -2.32. The van der Waals surface area contributed by atoms with Crippen molar-refractivity contribution in [3.8, 4) is 0 Å². The van der Waals surface area contributed by atoms with E-state index in [-0.39, 0.29) is 30.1 Å². The van der Waals surface area contributed by atoms with Gasteiger partial charge in [-0.2, -0.15) is 0 Å². The Labute approximate surface area is 208 Å². The van der Waals surface area contributed by atoms with E-state index in [0.29, 0.717) is 19.0 Å². The van der Waals surface area contributed by atoms with Crippen molar-refractivity contribution in [3.63, 3.8) is 0 Å². The Balaban J connectivity index is 0.00000363. The highest BCUT2D eigenvalue weighted by Gasteiger charge is 2.17. The first-order valence-electron chi connectivity index (χ1n) is 11.4. The van der Waals surface area contributed by atoms with E-state index in [9.17, 15) is 0 Å². The SMILES string of the molecule is CCNC(=NCc1ccc(N2CCOC(C)C2)nc1)NCc1cc(C(CC)CC)no1.I. The van der Waals surface area contributed by atoms with Crippen molar-refractivity contribution in [1.82, 2.24) is 20.8 Å². The molecule has 0 radical (unpaired) electrons. The molecule has 178 valence electrons. The van der Waals surface area contributed by atoms with Gasteiger partial charge < -0.3 is 24.8 Å². The Kier molecular flexibility index (Phi) is 11.2. The lowest BCUT2D eigenvalue weighted by molar-refractivity contribution is 0.0529. The summed E-state index contributed by atoms with van der Waals surface area (Å²) in [6.45, 7) is 12.9. The second-order valence-corrected chi connectivity index (χ2v) is 7.93. The summed E-state index contributed by atoms with van der Waals surface area (Å²) in [7, 11) is 0. The van der Waals surface area contributed by atoms with Gasteiger partial charge in [-0.1, -0.05) is 25.1 Å². The van der Waals surface area contributed by atoms with Crippen molar-refractivity contribution in [2.45, 2.75) is 65.6 Å². The van der Waals surface area contributed by atoms with Crippen molar-refractivity contribution < 1.29 is 9.26 Å². The van der Waals surface area contributed by atoms with Gasteiger partial charge in [-0.25, -0.2) is 9.98 Å². The molecule has 2 aromatic heterocycles. The maximum atomic E-state index is 5.61. The van der Waals surface area contributed by atoms with Crippen molar-refractivity contribution in [2.75, 3.05) is 31.1 Å². The summed E-state index contributed by atoms with van der Waals surface area (Å²) in [5.74, 6) is 3.01. The normalized spacial score (nSPS) is 16.7. The Morgan fingerprint density at radius 2 is 2.06 bits per heavy atom. The average molecular weight is 556 g/mol. The molecule has 0 saturated carbocycles. The molecular weight excluding hydrogens is 519 g/mol. The minimum atomic E-state index is 0. The lowest BCUT2D eigenvalue weighted by Crippen LogP contribution is -2.41. The summed E-state index contributed by atoms with van der Waals surface area (Å²) in [5, 5.41) is 10.8. The number of hydrogen-bond acceptors (Lipinski definition) is 6. The lowest BCUT2D eigenvalue weighted by atomic mass is 9.99. The van der Waals surface area contributed by atoms with Crippen LogP contribution in [0.5, 0.6) is 0 Å². The molecule has 9 heteroatoms. The zero-order valence-corrected chi connectivity index (χ0v) is 22.0. The highest BCUT2D eigenvalue weighted by molar-refractivity contribution is 14.0. The van der Waals surface area contributed by atoms with Gasteiger partial charge in [-0.3, -0.25) is 0 Å². The molecule has 0 amide bonds. The number of nitrogens with zero attached hydrogens (tertiary/aromatic N) is 4. The number of aromatic nitrogens is 2. The van der Waals surface area contributed by atoms with Crippen LogP contribution in [0.3, 0.4) is 0 Å². The predicted octanol–water partition coefficient (Wildman–Crippen LogP) is 4.07. The summed E-state index contributed by atoms with van der Waals surface area (Å²) < 4.78 is 11.1. The van der Waals surface area contributed by atoms with E-state index in [1.807, 2.05) is 12.3 Å². The Bertz CT molecular complexity index is 822. The maximum absolute atomic E-state index is 5.61. The number of anilines is 1. The van der Waals surface area contributed by atoms with Crippen LogP contribution in [0, 0.1) is 0 Å². The zero-order valence-electron chi connectivity index (χ0n) is 19.6. The van der Waals surface area contributed by atoms with Gasteiger partial charge in [0.15, 0.2) is 11.7 Å². The zero-order chi connectivity index (χ0) is 22.1. The van der Waals surface area contributed by atoms with Crippen LogP contribution in [0.15, 0.2) is 33.9 Å². The largest absolute Gasteiger partial charge is 0.375 e. The third kappa shape index (κ3) is 7.61. The van der Waals surface area contributed by atoms with Crippen LogP contribution in [-0.2, 0) is 17.8 Å². The molecule has 3 heterocycles. The van der Waals surface area contributed by atoms with E-state index >= 15 is 0 Å². The van der Waals surface area contributed by atoms with Crippen LogP contribution < -0.4 is 15.5 Å². The standard InChI is InChI=1S/C23H36N6O2.HI/c1-5-19(6-2)21-12-20(31-28-21)15-27-23(24-7-3)26-14-18-8-9-22(25-13-18)29-10-11-30-17(4)16-29;/h8-9,12-13,17,19H,5-7,10-11,14-16H2,1-4H3,(H2,24,26,27);1H. The Morgan fingerprint density at radius 1 is 1.25 bits per heavy atom. The summed E-state index contributed by atoms with van der Waals surface area (Å²) in [5.41, 5.74) is 2.10. The maximum Gasteiger partial charge on any atom is 0.191 e. The molecule has 1 unspecified atom stereocenters. The molecule has 1 aliphatic rings. The second kappa shape index (κ2) is 13.6. The van der Waals surface area contributed by atoms with Gasteiger partial charge >= 0.3 is 0 Å². The van der Waals surface area contributed by atoms with Crippen molar-refractivity contribution in [2.24, 2.45) is 4.99 Å². The number of halogens is 1. The molecule has 3 rings (SSSR count). The summed E-state index contributed by atoms with van der Waals surface area (Å²) in [4.78, 5) is 11.6. The molecule has 2 N–H and O–H groups in total. The average Bonchev–Trinajstić information content (AvgIpc) is 3.26. The van der Waals surface area contributed by atoms with Crippen LogP contribution in [-0.4, -0.2) is 48.4 Å². The molecule has 1 fully saturated rings. The predicted molar refractivity (Wildman–Crippen MR) is 139 cm³/mol. The molecule has 1 aliphatic heterocycles. The quantitative estimate of drug-likeness (QED) is 0.274. The monoisotopic (exact) mass is 556 g/mol. The van der Waals surface area contributed by atoms with Crippen LogP contribution >= 0.6 is 24.0 Å². The molecule has 0 aliphatic carbocycles. The van der Waals surface area contributed by atoms with Gasteiger partial charge in [0.05, 0.1) is 31.5 Å². The third-order valence-electron chi connectivity index (χ3n) is 5.55. The van der Waals surface area contributed by atoms with Crippen LogP contribution in [0.4, 0.5) is 5.82 Å². The van der Waals surface area contributed by atoms with Crippen molar-refractivity contribution >= 4 is 35.8 Å². The number of hydrogen-bond donors (Lipinski definition) is 2. The first-order chi connectivity index (χ1) is 15.1. The van der Waals surface area contributed by atoms with E-state index in [2.05, 4.69) is 70.5 Å². The van der Waals surface area contributed by atoms with Crippen LogP contribution in [0.2, 0.25) is 0 Å². The molecule has 1 atom stereocenters. The topological polar surface area (TPSA) is 87.8 Å². The number of rotatable bonds is 9. The first kappa shape index (κ1) is 26.4. The molecular formula is C23H37IN6O2. The molecule has 32 heavy (non-hydrogen) atoms. The van der Waals surface area contributed by atoms with Gasteiger partial charge in [0.2, 0.25) is 0 Å². The summed E-state index contributed by atoms with van der Waals surface area (Å²) in [6.07, 6.45) is 4.28. The second-order valence-electron chi connectivity index (χ2n) is 7.93. The fourth-order valence-corrected chi connectivity index (χ4v) is 3.72. The number of morpholine rings is 1. The van der Waals surface area contributed by atoms with E-state index in [4.69, 9.17) is 9.26 Å². The highest BCUT2D eigenvalue weighted by atomic mass is 127. The van der Waals surface area contributed by atoms with Crippen molar-refractivity contribution in [3.05, 3.63) is 41.4 Å². The Hall–Kier alpha value is -1.88. The molecule has 8 nitrogen and oxygen atoms in total. The van der Waals surface area contributed by atoms with Gasteiger partial charge in [-0.15, -0.1) is 24.0 Å². The summed E-state index contributed by atoms with van der Waals surface area (Å²) in [6, 6.07) is 6.20. The number of ether oxygens (including phenoxy) is 1. The van der Waals surface area contributed by atoms with E-state index in [0.717, 1.165) is 67.9 Å². The minimum Gasteiger partial charge on any atom is -0.375 e. The number of aliphatic imine (C=N–C) groups is 1. The fraction of sp³-hybridized carbons (Fsp3) is 0.609.